The third-order valence-electron chi connectivity index (χ3n) is 3.91. The maximum atomic E-state index is 6.18. The van der Waals surface area contributed by atoms with Gasteiger partial charge in [-0.25, -0.2) is 0 Å². The van der Waals surface area contributed by atoms with Crippen LogP contribution < -0.4 is 20.9 Å². The fraction of sp³-hybridized carbons (Fsp3) is 0.600. The Kier molecular flexibility index (Phi) is 5.09. The van der Waals surface area contributed by atoms with Crippen molar-refractivity contribution in [2.45, 2.75) is 25.8 Å². The van der Waals surface area contributed by atoms with Crippen LogP contribution in [0.1, 0.15) is 24.0 Å². The topological polar surface area (TPSA) is 73.7 Å². The van der Waals surface area contributed by atoms with Gasteiger partial charge in [-0.15, -0.1) is 0 Å². The molecule has 0 spiro atoms. The molecule has 1 aliphatic heterocycles. The molecule has 1 aliphatic rings. The molecule has 1 aromatic carbocycles. The summed E-state index contributed by atoms with van der Waals surface area (Å²) in [4.78, 5) is 2.43. The van der Waals surface area contributed by atoms with Gasteiger partial charge in [-0.1, -0.05) is 0 Å². The van der Waals surface area contributed by atoms with Gasteiger partial charge in [-0.2, -0.15) is 0 Å². The van der Waals surface area contributed by atoms with Gasteiger partial charge in [0, 0.05) is 30.4 Å². The molecule has 0 aliphatic carbocycles. The Morgan fingerprint density at radius 2 is 2.00 bits per heavy atom. The summed E-state index contributed by atoms with van der Waals surface area (Å²) in [5.74, 6) is 1.55. The van der Waals surface area contributed by atoms with Crippen molar-refractivity contribution in [3.8, 4) is 11.5 Å². The smallest absolute Gasteiger partial charge is 0.164 e. The number of hydrogen-bond donors (Lipinski definition) is 2. The molecule has 1 aromatic rings. The number of hydrogen-bond acceptors (Lipinski definition) is 5. The molecule has 0 atom stereocenters. The Hall–Kier alpha value is -1.46. The predicted octanol–water partition coefficient (Wildman–Crippen LogP) is 1.38. The average molecular weight is 279 g/mol. The zero-order valence-corrected chi connectivity index (χ0v) is 12.4. The first kappa shape index (κ1) is 14.9. The Balaban J connectivity index is 2.19. The number of unbranched alkanes of at least 4 members (excludes halogenated alkanes) is 1. The van der Waals surface area contributed by atoms with Crippen LogP contribution >= 0.6 is 0 Å². The summed E-state index contributed by atoms with van der Waals surface area (Å²) in [5, 5.41) is 0. The summed E-state index contributed by atoms with van der Waals surface area (Å²) in [7, 11) is 3.33. The summed E-state index contributed by atoms with van der Waals surface area (Å²) in [6.45, 7) is 3.74. The molecule has 20 heavy (non-hydrogen) atoms. The number of benzene rings is 1. The molecule has 0 aromatic heterocycles. The maximum Gasteiger partial charge on any atom is 0.164 e. The van der Waals surface area contributed by atoms with Gasteiger partial charge in [0.25, 0.3) is 0 Å². The fourth-order valence-corrected chi connectivity index (χ4v) is 2.82. The maximum absolute atomic E-state index is 6.18. The van der Waals surface area contributed by atoms with Crippen LogP contribution in [-0.4, -0.2) is 38.8 Å². The SMILES string of the molecule is COc1cc(N)c2c(c1OC)CCN(CCCCN)C2. The second kappa shape index (κ2) is 6.81. The number of nitrogen functional groups attached to an aromatic ring is 1. The molecule has 0 amide bonds. The van der Waals surface area contributed by atoms with Crippen LogP contribution in [0, 0.1) is 0 Å². The molecule has 0 saturated carbocycles. The lowest BCUT2D eigenvalue weighted by Crippen LogP contribution is -2.32. The van der Waals surface area contributed by atoms with E-state index in [0.717, 1.165) is 62.6 Å². The summed E-state index contributed by atoms with van der Waals surface area (Å²) < 4.78 is 10.9. The van der Waals surface area contributed by atoms with Crippen molar-refractivity contribution in [3.63, 3.8) is 0 Å². The van der Waals surface area contributed by atoms with E-state index >= 15 is 0 Å². The first-order chi connectivity index (χ1) is 9.71. The lowest BCUT2D eigenvalue weighted by molar-refractivity contribution is 0.246. The van der Waals surface area contributed by atoms with E-state index in [1.807, 2.05) is 6.07 Å². The lowest BCUT2D eigenvalue weighted by atomic mass is 9.96. The van der Waals surface area contributed by atoms with E-state index in [1.165, 1.54) is 11.1 Å². The highest BCUT2D eigenvalue weighted by atomic mass is 16.5. The van der Waals surface area contributed by atoms with Crippen molar-refractivity contribution >= 4 is 5.69 Å². The van der Waals surface area contributed by atoms with Gasteiger partial charge in [-0.3, -0.25) is 4.90 Å². The number of ether oxygens (including phenoxy) is 2. The zero-order valence-electron chi connectivity index (χ0n) is 12.4. The third-order valence-corrected chi connectivity index (χ3v) is 3.91. The Morgan fingerprint density at radius 3 is 2.65 bits per heavy atom. The quantitative estimate of drug-likeness (QED) is 0.608. The molecule has 1 heterocycles. The minimum absolute atomic E-state index is 0.723. The summed E-state index contributed by atoms with van der Waals surface area (Å²) in [6.07, 6.45) is 3.16. The minimum Gasteiger partial charge on any atom is -0.493 e. The first-order valence-electron chi connectivity index (χ1n) is 7.15. The number of fused-ring (bicyclic) bond motifs is 1. The monoisotopic (exact) mass is 279 g/mol. The van der Waals surface area contributed by atoms with E-state index in [-0.39, 0.29) is 0 Å². The summed E-state index contributed by atoms with van der Waals surface area (Å²) in [6, 6.07) is 1.86. The zero-order chi connectivity index (χ0) is 14.5. The van der Waals surface area contributed by atoms with Gasteiger partial charge in [0.15, 0.2) is 11.5 Å². The van der Waals surface area contributed by atoms with E-state index in [0.29, 0.717) is 0 Å². The van der Waals surface area contributed by atoms with Crippen LogP contribution in [-0.2, 0) is 13.0 Å². The van der Waals surface area contributed by atoms with Crippen molar-refractivity contribution < 1.29 is 9.47 Å². The van der Waals surface area contributed by atoms with Gasteiger partial charge in [0.05, 0.1) is 14.2 Å². The lowest BCUT2D eigenvalue weighted by Gasteiger charge is -2.31. The van der Waals surface area contributed by atoms with Crippen molar-refractivity contribution in [2.24, 2.45) is 5.73 Å². The molecule has 112 valence electrons. The second-order valence-corrected chi connectivity index (χ2v) is 5.18. The molecule has 0 bridgehead atoms. The number of anilines is 1. The number of methoxy groups -OCH3 is 2. The van der Waals surface area contributed by atoms with Crippen molar-refractivity contribution in [1.82, 2.24) is 4.90 Å². The Bertz CT molecular complexity index is 463. The van der Waals surface area contributed by atoms with Gasteiger partial charge in [0.1, 0.15) is 0 Å². The van der Waals surface area contributed by atoms with Gasteiger partial charge >= 0.3 is 0 Å². The molecule has 0 fully saturated rings. The highest BCUT2D eigenvalue weighted by molar-refractivity contribution is 5.64. The fourth-order valence-electron chi connectivity index (χ4n) is 2.82. The summed E-state index contributed by atoms with van der Waals surface area (Å²) >= 11 is 0. The van der Waals surface area contributed by atoms with Crippen molar-refractivity contribution in [2.75, 3.05) is 39.6 Å². The second-order valence-electron chi connectivity index (χ2n) is 5.18. The highest BCUT2D eigenvalue weighted by Crippen LogP contribution is 2.39. The molecule has 5 nitrogen and oxygen atoms in total. The molecule has 0 radical (unpaired) electrons. The molecular weight excluding hydrogens is 254 g/mol. The van der Waals surface area contributed by atoms with Crippen molar-refractivity contribution in [1.29, 1.82) is 0 Å². The van der Waals surface area contributed by atoms with Gasteiger partial charge < -0.3 is 20.9 Å². The van der Waals surface area contributed by atoms with Crippen LogP contribution in [0.3, 0.4) is 0 Å². The van der Waals surface area contributed by atoms with Crippen LogP contribution in [0.4, 0.5) is 5.69 Å². The predicted molar refractivity (Wildman–Crippen MR) is 81.2 cm³/mol. The number of rotatable bonds is 6. The van der Waals surface area contributed by atoms with Gasteiger partial charge in [-0.05, 0) is 37.9 Å². The molecule has 0 unspecified atom stereocenters. The highest BCUT2D eigenvalue weighted by Gasteiger charge is 2.24. The number of nitrogens with zero attached hydrogens (tertiary/aromatic N) is 1. The van der Waals surface area contributed by atoms with E-state index in [4.69, 9.17) is 20.9 Å². The molecule has 2 rings (SSSR count). The Labute approximate surface area is 120 Å². The van der Waals surface area contributed by atoms with Crippen LogP contribution in [0.25, 0.3) is 0 Å². The summed E-state index contributed by atoms with van der Waals surface area (Å²) in [5.41, 5.74) is 14.9. The molecule has 0 saturated heterocycles. The molecule has 4 N–H and O–H groups in total. The first-order valence-corrected chi connectivity index (χ1v) is 7.15. The standard InChI is InChI=1S/C15H25N3O2/c1-19-14-9-13(17)12-10-18(7-4-3-6-16)8-5-11(12)15(14)20-2/h9H,3-8,10,16-17H2,1-2H3. The third kappa shape index (κ3) is 2.99. The largest absolute Gasteiger partial charge is 0.493 e. The van der Waals surface area contributed by atoms with Crippen LogP contribution in [0.2, 0.25) is 0 Å². The van der Waals surface area contributed by atoms with E-state index in [9.17, 15) is 0 Å². The minimum atomic E-state index is 0.723. The van der Waals surface area contributed by atoms with Gasteiger partial charge in [0.2, 0.25) is 0 Å². The van der Waals surface area contributed by atoms with Crippen LogP contribution in [0.5, 0.6) is 11.5 Å². The van der Waals surface area contributed by atoms with E-state index in [2.05, 4.69) is 4.90 Å². The van der Waals surface area contributed by atoms with E-state index in [1.54, 1.807) is 14.2 Å². The normalized spacial score (nSPS) is 14.9. The van der Waals surface area contributed by atoms with E-state index < -0.39 is 0 Å². The number of nitrogens with two attached hydrogens (primary N) is 2. The van der Waals surface area contributed by atoms with Crippen molar-refractivity contribution in [3.05, 3.63) is 17.2 Å². The van der Waals surface area contributed by atoms with Crippen LogP contribution in [0.15, 0.2) is 6.07 Å². The molecule has 5 heteroatoms. The average Bonchev–Trinajstić information content (AvgIpc) is 2.47. The molecular formula is C15H25N3O2. The Morgan fingerprint density at radius 1 is 1.20 bits per heavy atom.